The molecule has 222 valence electrons. The standard InChI is InChI=1S/C31H41BrN4O5/c1-5-6-16-35(22-26-9-7-17-34(26)21-24-10-12-25(32)13-11-24)30(37)23-36(18-8-19-39-2)31(38)33-28-15-14-27(40-3)20-29(28)41-4/h7,9-15,17,20H,5-6,8,16,18-19,21-23H2,1-4H3,(H,33,38). The Morgan fingerprint density at radius 3 is 2.39 bits per heavy atom. The lowest BCUT2D eigenvalue weighted by Gasteiger charge is -2.28. The molecule has 3 amide bonds. The van der Waals surface area contributed by atoms with Crippen molar-refractivity contribution in [3.8, 4) is 11.5 Å². The fraction of sp³-hybridized carbons (Fsp3) is 0.419. The first kappa shape index (κ1) is 32.0. The first-order chi connectivity index (χ1) is 19.9. The number of hydrogen-bond acceptors (Lipinski definition) is 5. The number of halogens is 1. The van der Waals surface area contributed by atoms with Gasteiger partial charge in [-0.25, -0.2) is 4.79 Å². The van der Waals surface area contributed by atoms with E-state index in [-0.39, 0.29) is 18.5 Å². The van der Waals surface area contributed by atoms with Crippen LogP contribution in [0.2, 0.25) is 0 Å². The maximum atomic E-state index is 13.7. The van der Waals surface area contributed by atoms with Crippen molar-refractivity contribution in [1.29, 1.82) is 0 Å². The molecule has 10 heteroatoms. The third kappa shape index (κ3) is 9.82. The van der Waals surface area contributed by atoms with Crippen molar-refractivity contribution in [3.05, 3.63) is 76.5 Å². The Morgan fingerprint density at radius 1 is 0.951 bits per heavy atom. The summed E-state index contributed by atoms with van der Waals surface area (Å²) in [6.07, 6.45) is 4.46. The number of urea groups is 1. The summed E-state index contributed by atoms with van der Waals surface area (Å²) in [7, 11) is 4.72. The summed E-state index contributed by atoms with van der Waals surface area (Å²) in [5, 5.41) is 2.90. The number of amides is 3. The molecule has 0 saturated heterocycles. The number of methoxy groups -OCH3 is 3. The van der Waals surface area contributed by atoms with Crippen LogP contribution in [0.1, 0.15) is 37.4 Å². The second-order valence-corrected chi connectivity index (χ2v) is 10.6. The van der Waals surface area contributed by atoms with Crippen LogP contribution in [-0.4, -0.2) is 73.9 Å². The first-order valence-corrected chi connectivity index (χ1v) is 14.6. The van der Waals surface area contributed by atoms with E-state index in [0.717, 1.165) is 23.0 Å². The maximum absolute atomic E-state index is 13.7. The molecule has 0 aliphatic carbocycles. The SMILES string of the molecule is CCCCN(Cc1cccn1Cc1ccc(Br)cc1)C(=O)CN(CCCOC)C(=O)Nc1ccc(OC)cc1OC. The highest BCUT2D eigenvalue weighted by atomic mass is 79.9. The number of rotatable bonds is 16. The van der Waals surface area contributed by atoms with E-state index in [0.29, 0.717) is 56.4 Å². The van der Waals surface area contributed by atoms with Gasteiger partial charge >= 0.3 is 6.03 Å². The van der Waals surface area contributed by atoms with E-state index >= 15 is 0 Å². The molecule has 0 atom stereocenters. The minimum absolute atomic E-state index is 0.0504. The van der Waals surface area contributed by atoms with Crippen molar-refractivity contribution in [2.75, 3.05) is 52.9 Å². The van der Waals surface area contributed by atoms with Crippen LogP contribution in [0.3, 0.4) is 0 Å². The molecule has 0 radical (unpaired) electrons. The summed E-state index contributed by atoms with van der Waals surface area (Å²) in [4.78, 5) is 30.5. The van der Waals surface area contributed by atoms with E-state index < -0.39 is 0 Å². The zero-order chi connectivity index (χ0) is 29.6. The zero-order valence-corrected chi connectivity index (χ0v) is 26.0. The predicted octanol–water partition coefficient (Wildman–Crippen LogP) is 6.02. The molecule has 3 rings (SSSR count). The minimum atomic E-state index is -0.382. The number of anilines is 1. The lowest BCUT2D eigenvalue weighted by molar-refractivity contribution is -0.132. The molecule has 0 unspecified atom stereocenters. The summed E-state index contributed by atoms with van der Waals surface area (Å²) < 4.78 is 19.1. The van der Waals surface area contributed by atoms with Gasteiger partial charge in [-0.1, -0.05) is 41.4 Å². The molecule has 0 bridgehead atoms. The molecule has 9 nitrogen and oxygen atoms in total. The van der Waals surface area contributed by atoms with Gasteiger partial charge in [0.25, 0.3) is 0 Å². The normalized spacial score (nSPS) is 10.8. The Hall–Kier alpha value is -3.50. The number of aromatic nitrogens is 1. The molecule has 2 aromatic carbocycles. The quantitative estimate of drug-likeness (QED) is 0.196. The van der Waals surface area contributed by atoms with Gasteiger partial charge in [-0.3, -0.25) is 4.79 Å². The Morgan fingerprint density at radius 2 is 1.71 bits per heavy atom. The van der Waals surface area contributed by atoms with Crippen LogP contribution in [-0.2, 0) is 22.6 Å². The Bertz CT molecular complexity index is 1250. The van der Waals surface area contributed by atoms with Crippen LogP contribution in [0.25, 0.3) is 0 Å². The van der Waals surface area contributed by atoms with Gasteiger partial charge in [0.05, 0.1) is 26.5 Å². The van der Waals surface area contributed by atoms with Crippen molar-refractivity contribution in [3.63, 3.8) is 0 Å². The van der Waals surface area contributed by atoms with Crippen LogP contribution >= 0.6 is 15.9 Å². The average molecular weight is 630 g/mol. The number of nitrogens with zero attached hydrogens (tertiary/aromatic N) is 3. The van der Waals surface area contributed by atoms with E-state index in [2.05, 4.69) is 44.9 Å². The Balaban J connectivity index is 1.75. The summed E-state index contributed by atoms with van der Waals surface area (Å²) in [5.74, 6) is 0.976. The van der Waals surface area contributed by atoms with Crippen LogP contribution in [0, 0.1) is 0 Å². The molecule has 0 fully saturated rings. The second-order valence-electron chi connectivity index (χ2n) is 9.69. The molecule has 0 saturated carbocycles. The summed E-state index contributed by atoms with van der Waals surface area (Å²) in [5.41, 5.74) is 2.71. The molecule has 3 aromatic rings. The Kier molecular flexibility index (Phi) is 13.0. The van der Waals surface area contributed by atoms with Gasteiger partial charge < -0.3 is 33.9 Å². The van der Waals surface area contributed by atoms with Crippen LogP contribution in [0.5, 0.6) is 11.5 Å². The second kappa shape index (κ2) is 16.7. The number of hydrogen-bond donors (Lipinski definition) is 1. The predicted molar refractivity (Wildman–Crippen MR) is 165 cm³/mol. The minimum Gasteiger partial charge on any atom is -0.497 e. The number of carbonyl (C=O) groups is 2. The van der Waals surface area contributed by atoms with Crippen molar-refractivity contribution >= 4 is 33.6 Å². The number of unbranched alkanes of at least 4 members (excludes halogenated alkanes) is 1. The third-order valence-electron chi connectivity index (χ3n) is 6.72. The topological polar surface area (TPSA) is 85.3 Å². The van der Waals surface area contributed by atoms with E-state index in [1.807, 2.05) is 35.4 Å². The fourth-order valence-electron chi connectivity index (χ4n) is 4.38. The zero-order valence-electron chi connectivity index (χ0n) is 24.4. The fourth-order valence-corrected chi connectivity index (χ4v) is 4.65. The molecule has 41 heavy (non-hydrogen) atoms. The summed E-state index contributed by atoms with van der Waals surface area (Å²) >= 11 is 3.49. The average Bonchev–Trinajstić information content (AvgIpc) is 3.42. The molecular formula is C31H41BrN4O5. The lowest BCUT2D eigenvalue weighted by atomic mass is 10.2. The number of benzene rings is 2. The number of nitrogens with one attached hydrogen (secondary N) is 1. The first-order valence-electron chi connectivity index (χ1n) is 13.8. The largest absolute Gasteiger partial charge is 0.497 e. The molecule has 1 N–H and O–H groups in total. The summed E-state index contributed by atoms with van der Waals surface area (Å²) in [6.45, 7) is 4.68. The van der Waals surface area contributed by atoms with E-state index in [1.54, 1.807) is 32.4 Å². The molecular weight excluding hydrogens is 588 g/mol. The van der Waals surface area contributed by atoms with E-state index in [1.165, 1.54) is 17.6 Å². The molecule has 0 aliphatic rings. The van der Waals surface area contributed by atoms with Gasteiger partial charge in [-0.05, 0) is 54.8 Å². The van der Waals surface area contributed by atoms with Gasteiger partial charge in [0.1, 0.15) is 18.0 Å². The Labute approximate surface area is 251 Å². The maximum Gasteiger partial charge on any atom is 0.322 e. The van der Waals surface area contributed by atoms with Crippen LogP contribution in [0.4, 0.5) is 10.5 Å². The van der Waals surface area contributed by atoms with Crippen molar-refractivity contribution < 1.29 is 23.8 Å². The van der Waals surface area contributed by atoms with Gasteiger partial charge in [-0.2, -0.15) is 0 Å². The van der Waals surface area contributed by atoms with Crippen LogP contribution in [0.15, 0.2) is 65.3 Å². The van der Waals surface area contributed by atoms with Crippen LogP contribution < -0.4 is 14.8 Å². The highest BCUT2D eigenvalue weighted by molar-refractivity contribution is 9.10. The number of carbonyl (C=O) groups excluding carboxylic acids is 2. The van der Waals surface area contributed by atoms with Crippen molar-refractivity contribution in [2.24, 2.45) is 0 Å². The monoisotopic (exact) mass is 628 g/mol. The molecule has 0 aliphatic heterocycles. The van der Waals surface area contributed by atoms with E-state index in [4.69, 9.17) is 14.2 Å². The lowest BCUT2D eigenvalue weighted by Crippen LogP contribution is -2.45. The van der Waals surface area contributed by atoms with Gasteiger partial charge in [0.15, 0.2) is 0 Å². The molecule has 1 heterocycles. The highest BCUT2D eigenvalue weighted by Crippen LogP contribution is 2.29. The molecule has 0 spiro atoms. The van der Waals surface area contributed by atoms with E-state index in [9.17, 15) is 9.59 Å². The third-order valence-corrected chi connectivity index (χ3v) is 7.25. The van der Waals surface area contributed by atoms with Crippen molar-refractivity contribution in [1.82, 2.24) is 14.4 Å². The number of ether oxygens (including phenoxy) is 3. The van der Waals surface area contributed by atoms with Crippen molar-refractivity contribution in [2.45, 2.75) is 39.3 Å². The highest BCUT2D eigenvalue weighted by Gasteiger charge is 2.23. The summed E-state index contributed by atoms with van der Waals surface area (Å²) in [6, 6.07) is 17.1. The smallest absolute Gasteiger partial charge is 0.322 e. The van der Waals surface area contributed by atoms with Gasteiger partial charge in [-0.15, -0.1) is 0 Å². The van der Waals surface area contributed by atoms with Gasteiger partial charge in [0, 0.05) is 55.8 Å². The molecule has 1 aromatic heterocycles. The van der Waals surface area contributed by atoms with Gasteiger partial charge in [0.2, 0.25) is 5.91 Å².